The van der Waals surface area contributed by atoms with Crippen LogP contribution in [0.3, 0.4) is 0 Å². The second-order valence-electron chi connectivity index (χ2n) is 4.98. The van der Waals surface area contributed by atoms with Crippen molar-refractivity contribution in [3.8, 4) is 6.07 Å². The van der Waals surface area contributed by atoms with E-state index in [0.29, 0.717) is 0 Å². The molecule has 5 nitrogen and oxygen atoms in total. The van der Waals surface area contributed by atoms with Crippen LogP contribution in [0.15, 0.2) is 23.2 Å². The first-order chi connectivity index (χ1) is 9.67. The summed E-state index contributed by atoms with van der Waals surface area (Å²) in [4.78, 5) is 6.31. The highest BCUT2D eigenvalue weighted by Gasteiger charge is 2.17. The molecule has 0 aliphatic carbocycles. The zero-order valence-electron chi connectivity index (χ0n) is 12.4. The van der Waals surface area contributed by atoms with Crippen molar-refractivity contribution in [2.75, 3.05) is 44.1 Å². The minimum atomic E-state index is 0.746. The van der Waals surface area contributed by atoms with Crippen molar-refractivity contribution in [1.29, 1.82) is 5.26 Å². The molecule has 1 aromatic carbocycles. The predicted molar refractivity (Wildman–Crippen MR) is 83.2 cm³/mol. The van der Waals surface area contributed by atoms with E-state index in [1.165, 1.54) is 12.8 Å². The van der Waals surface area contributed by atoms with Crippen LogP contribution >= 0.6 is 0 Å². The third-order valence-corrected chi connectivity index (χ3v) is 3.68. The Morgan fingerprint density at radius 1 is 1.30 bits per heavy atom. The Kier molecular flexibility index (Phi) is 4.46. The van der Waals surface area contributed by atoms with Gasteiger partial charge in [0, 0.05) is 34.2 Å². The molecule has 1 fully saturated rings. The van der Waals surface area contributed by atoms with Gasteiger partial charge in [-0.2, -0.15) is 5.26 Å². The third kappa shape index (κ3) is 2.85. The Balaban J connectivity index is 2.32. The highest BCUT2D eigenvalue weighted by atomic mass is 15.6. The van der Waals surface area contributed by atoms with Gasteiger partial charge in [0.25, 0.3) is 0 Å². The second kappa shape index (κ2) is 6.29. The summed E-state index contributed by atoms with van der Waals surface area (Å²) in [5, 5.41) is 13.2. The number of hydrogen-bond donors (Lipinski definition) is 0. The topological polar surface area (TPSA) is 45.9 Å². The fraction of sp³-hybridized carbons (Fsp3) is 0.467. The van der Waals surface area contributed by atoms with E-state index in [1.54, 1.807) is 13.4 Å². The molecule has 0 unspecified atom stereocenters. The van der Waals surface area contributed by atoms with Crippen LogP contribution in [0.25, 0.3) is 0 Å². The minimum Gasteiger partial charge on any atom is -0.370 e. The molecule has 0 bridgehead atoms. The van der Waals surface area contributed by atoms with Crippen molar-refractivity contribution < 1.29 is 0 Å². The molecule has 20 heavy (non-hydrogen) atoms. The number of aliphatic imine (C=N–C) groups is 1. The molecule has 106 valence electrons. The molecule has 1 heterocycles. The molecule has 0 spiro atoms. The number of rotatable bonds is 4. The average Bonchev–Trinajstić information content (AvgIpc) is 3.00. The molecule has 1 aliphatic rings. The Morgan fingerprint density at radius 3 is 2.60 bits per heavy atom. The van der Waals surface area contributed by atoms with Gasteiger partial charge in [-0.25, -0.2) is 0 Å². The number of benzene rings is 1. The van der Waals surface area contributed by atoms with Crippen molar-refractivity contribution in [3.63, 3.8) is 0 Å². The number of anilines is 2. The Labute approximate surface area is 120 Å². The monoisotopic (exact) mass is 271 g/mol. The predicted octanol–water partition coefficient (Wildman–Crippen LogP) is 2.10. The van der Waals surface area contributed by atoms with Crippen molar-refractivity contribution in [3.05, 3.63) is 23.8 Å². The molecule has 1 aromatic rings. The summed E-state index contributed by atoms with van der Waals surface area (Å²) in [7, 11) is 5.68. The summed E-state index contributed by atoms with van der Waals surface area (Å²) in [5.41, 5.74) is 2.83. The van der Waals surface area contributed by atoms with Gasteiger partial charge < -0.3 is 4.90 Å². The minimum absolute atomic E-state index is 0.746. The molecular formula is C15H21N5. The van der Waals surface area contributed by atoms with Gasteiger partial charge in [-0.3, -0.25) is 15.0 Å². The largest absolute Gasteiger partial charge is 0.370 e. The third-order valence-electron chi connectivity index (χ3n) is 3.68. The highest BCUT2D eigenvalue weighted by Crippen LogP contribution is 2.29. The molecule has 2 rings (SSSR count). The summed E-state index contributed by atoms with van der Waals surface area (Å²) in [6.45, 7) is 2.07. The summed E-state index contributed by atoms with van der Waals surface area (Å²) >= 11 is 0. The molecule has 1 saturated heterocycles. The molecule has 0 radical (unpaired) electrons. The Bertz CT molecular complexity index is 526. The van der Waals surface area contributed by atoms with Crippen LogP contribution in [-0.2, 0) is 0 Å². The maximum atomic E-state index is 9.28. The van der Waals surface area contributed by atoms with E-state index in [4.69, 9.17) is 0 Å². The van der Waals surface area contributed by atoms with Crippen LogP contribution in [0.1, 0.15) is 18.4 Å². The normalized spacial score (nSPS) is 14.6. The van der Waals surface area contributed by atoms with Crippen LogP contribution in [0.2, 0.25) is 0 Å². The first-order valence-corrected chi connectivity index (χ1v) is 6.85. The van der Waals surface area contributed by atoms with Gasteiger partial charge in [-0.15, -0.1) is 0 Å². The number of hydrazine groups is 1. The van der Waals surface area contributed by atoms with E-state index >= 15 is 0 Å². The van der Waals surface area contributed by atoms with Crippen LogP contribution in [0.5, 0.6) is 0 Å². The first-order valence-electron chi connectivity index (χ1n) is 6.85. The molecule has 0 atom stereocenters. The summed E-state index contributed by atoms with van der Waals surface area (Å²) in [5.74, 6) is 0. The smallest absolute Gasteiger partial charge is 0.103 e. The molecule has 0 N–H and O–H groups in total. The molecule has 5 heteroatoms. The number of hydrogen-bond acceptors (Lipinski definition) is 4. The van der Waals surface area contributed by atoms with E-state index < -0.39 is 0 Å². The summed E-state index contributed by atoms with van der Waals surface area (Å²) in [6, 6.07) is 8.25. The van der Waals surface area contributed by atoms with E-state index in [1.807, 2.05) is 36.2 Å². The first kappa shape index (κ1) is 14.2. The standard InChI is InChI=1S/C15H21N5/c1-17-12-18(2)19(3)14-7-6-13(11-16)15(10-14)20-8-4-5-9-20/h6-7,10,12H,4-5,8-9H2,1-3H3. The molecule has 0 amide bonds. The molecular weight excluding hydrogens is 250 g/mol. The van der Waals surface area contributed by atoms with Crippen molar-refractivity contribution in [1.82, 2.24) is 5.01 Å². The average molecular weight is 271 g/mol. The van der Waals surface area contributed by atoms with Gasteiger partial charge in [-0.1, -0.05) is 0 Å². The summed E-state index contributed by atoms with van der Waals surface area (Å²) in [6.07, 6.45) is 4.16. The van der Waals surface area contributed by atoms with Crippen molar-refractivity contribution in [2.45, 2.75) is 12.8 Å². The highest BCUT2D eigenvalue weighted by molar-refractivity contribution is 5.68. The number of nitriles is 1. The second-order valence-corrected chi connectivity index (χ2v) is 4.98. The van der Waals surface area contributed by atoms with E-state index in [-0.39, 0.29) is 0 Å². The maximum absolute atomic E-state index is 9.28. The van der Waals surface area contributed by atoms with Gasteiger partial charge in [0.15, 0.2) is 0 Å². The fourth-order valence-electron chi connectivity index (χ4n) is 2.46. The van der Waals surface area contributed by atoms with Gasteiger partial charge in [0.2, 0.25) is 0 Å². The lowest BCUT2D eigenvalue weighted by Crippen LogP contribution is -2.35. The fourth-order valence-corrected chi connectivity index (χ4v) is 2.46. The van der Waals surface area contributed by atoms with Crippen LogP contribution < -0.4 is 9.91 Å². The molecule has 0 saturated carbocycles. The van der Waals surface area contributed by atoms with E-state index in [9.17, 15) is 5.26 Å². The van der Waals surface area contributed by atoms with E-state index in [2.05, 4.69) is 22.0 Å². The van der Waals surface area contributed by atoms with Crippen LogP contribution in [0, 0.1) is 11.3 Å². The van der Waals surface area contributed by atoms with Gasteiger partial charge in [-0.05, 0) is 31.0 Å². The SMILES string of the molecule is CN=CN(C)N(C)c1ccc(C#N)c(N2CCCC2)c1. The lowest BCUT2D eigenvalue weighted by atomic mass is 10.1. The zero-order chi connectivity index (χ0) is 14.5. The molecule has 1 aliphatic heterocycles. The lowest BCUT2D eigenvalue weighted by molar-refractivity contribution is 0.506. The van der Waals surface area contributed by atoms with Crippen LogP contribution in [-0.4, -0.2) is 45.6 Å². The Morgan fingerprint density at radius 2 is 2.00 bits per heavy atom. The Hall–Kier alpha value is -2.22. The van der Waals surface area contributed by atoms with Gasteiger partial charge >= 0.3 is 0 Å². The molecule has 0 aromatic heterocycles. The maximum Gasteiger partial charge on any atom is 0.103 e. The zero-order valence-corrected chi connectivity index (χ0v) is 12.4. The van der Waals surface area contributed by atoms with Crippen LogP contribution in [0.4, 0.5) is 11.4 Å². The lowest BCUT2D eigenvalue weighted by Gasteiger charge is -2.29. The van der Waals surface area contributed by atoms with Gasteiger partial charge in [0.05, 0.1) is 16.9 Å². The van der Waals surface area contributed by atoms with Crippen molar-refractivity contribution in [2.24, 2.45) is 4.99 Å². The van der Waals surface area contributed by atoms with Crippen molar-refractivity contribution >= 4 is 17.7 Å². The summed E-state index contributed by atoms with van der Waals surface area (Å²) < 4.78 is 0. The van der Waals surface area contributed by atoms with Gasteiger partial charge in [0.1, 0.15) is 12.4 Å². The van der Waals surface area contributed by atoms with E-state index in [0.717, 1.165) is 30.0 Å². The quantitative estimate of drug-likeness (QED) is 0.478. The number of nitrogens with zero attached hydrogens (tertiary/aromatic N) is 5.